The van der Waals surface area contributed by atoms with Gasteiger partial charge in [0.1, 0.15) is 0 Å². The van der Waals surface area contributed by atoms with Gasteiger partial charge in [-0.1, -0.05) is 0 Å². The van der Waals surface area contributed by atoms with Crippen molar-refractivity contribution >= 4 is 66.8 Å². The van der Waals surface area contributed by atoms with Gasteiger partial charge in [-0.3, -0.25) is 0 Å². The van der Waals surface area contributed by atoms with Crippen LogP contribution in [0.2, 0.25) is 0 Å². The van der Waals surface area contributed by atoms with Gasteiger partial charge in [-0.2, -0.15) is 0 Å². The maximum atomic E-state index is 8.89. The molecular formula is C2H5CaClMgO2. The minimum absolute atomic E-state index is 0. The Labute approximate surface area is 97.6 Å². The van der Waals surface area contributed by atoms with Crippen LogP contribution in [-0.4, -0.2) is 66.8 Å². The summed E-state index contributed by atoms with van der Waals surface area (Å²) in [4.78, 5) is 8.89. The summed E-state index contributed by atoms with van der Waals surface area (Å²) in [6, 6.07) is 0. The fourth-order valence-corrected chi connectivity index (χ4v) is 0. The van der Waals surface area contributed by atoms with Crippen LogP contribution < -0.4 is 17.5 Å². The van der Waals surface area contributed by atoms with Crippen LogP contribution in [0.25, 0.3) is 0 Å². The van der Waals surface area contributed by atoms with Crippen molar-refractivity contribution in [1.82, 2.24) is 0 Å². The van der Waals surface area contributed by atoms with E-state index in [1.807, 2.05) is 0 Å². The summed E-state index contributed by atoms with van der Waals surface area (Å²) in [5, 5.41) is 8.89. The second kappa shape index (κ2) is 15.7. The summed E-state index contributed by atoms with van der Waals surface area (Å²) < 4.78 is 0. The minimum atomic E-state index is -1.08. The van der Waals surface area contributed by atoms with Gasteiger partial charge in [-0.25, -0.2) is 0 Å². The summed E-state index contributed by atoms with van der Waals surface area (Å²) >= 11 is 0. The molecule has 0 aliphatic heterocycles. The van der Waals surface area contributed by atoms with Gasteiger partial charge in [-0.05, 0) is 6.92 Å². The maximum Gasteiger partial charge on any atom is 2.00 e. The average molecular weight is 161 g/mol. The molecule has 0 atom stereocenters. The molecule has 0 radical (unpaired) electrons. The van der Waals surface area contributed by atoms with Crippen LogP contribution in [0.1, 0.15) is 9.78 Å². The van der Waals surface area contributed by atoms with Crippen molar-refractivity contribution < 1.29 is 25.2 Å². The van der Waals surface area contributed by atoms with Gasteiger partial charge in [0.2, 0.25) is 0 Å². The Bertz CT molecular complexity index is 45.5. The standard InChI is InChI=1S/C2H4O2.Ca.ClH.Mg.2H/c1-2(3)4;;;;;/h1H3,(H,3,4);;1H;;;/q;+2;;+2;2*-1/p-2. The van der Waals surface area contributed by atoms with E-state index in [9.17, 15) is 0 Å². The molecule has 0 fully saturated rings. The topological polar surface area (TPSA) is 40.1 Å². The quantitative estimate of drug-likeness (QED) is 0.334. The van der Waals surface area contributed by atoms with Gasteiger partial charge >= 0.3 is 60.8 Å². The zero-order valence-electron chi connectivity index (χ0n) is 6.11. The summed E-state index contributed by atoms with van der Waals surface area (Å²) in [6.07, 6.45) is 0. The van der Waals surface area contributed by atoms with Crippen LogP contribution in [0, 0.1) is 0 Å². The van der Waals surface area contributed by atoms with Crippen molar-refractivity contribution in [2.24, 2.45) is 0 Å². The van der Waals surface area contributed by atoms with E-state index in [0.717, 1.165) is 6.92 Å². The zero-order chi connectivity index (χ0) is 3.58. The van der Waals surface area contributed by atoms with Gasteiger partial charge in [0.25, 0.3) is 0 Å². The Morgan fingerprint density at radius 2 is 1.71 bits per heavy atom. The monoisotopic (exact) mass is 160 g/mol. The molecule has 36 valence electrons. The predicted molar refractivity (Wildman–Crippen MR) is 24.4 cm³/mol. The van der Waals surface area contributed by atoms with Crippen molar-refractivity contribution in [3.8, 4) is 0 Å². The van der Waals surface area contributed by atoms with Crippen molar-refractivity contribution in [3.05, 3.63) is 0 Å². The largest absolute Gasteiger partial charge is 2.00 e. The van der Waals surface area contributed by atoms with Gasteiger partial charge in [0, 0.05) is 5.97 Å². The second-order valence-corrected chi connectivity index (χ2v) is 0.492. The average Bonchev–Trinajstić information content (AvgIpc) is 0.811. The van der Waals surface area contributed by atoms with E-state index in [2.05, 4.69) is 0 Å². The molecule has 0 rings (SSSR count). The smallest absolute Gasteiger partial charge is 1.00 e. The number of carboxylic acids is 1. The van der Waals surface area contributed by atoms with Crippen molar-refractivity contribution in [2.45, 2.75) is 6.92 Å². The Hall–Kier alpha value is 1.79. The number of carbonyl (C=O) groups excluding carboxylic acids is 1. The molecule has 0 saturated carbocycles. The van der Waals surface area contributed by atoms with E-state index in [1.54, 1.807) is 0 Å². The number of rotatable bonds is 0. The van der Waals surface area contributed by atoms with E-state index < -0.39 is 5.97 Å². The number of hydrogen-bond donors (Lipinski definition) is 0. The van der Waals surface area contributed by atoms with Crippen LogP contribution in [0.15, 0.2) is 0 Å². The molecule has 7 heavy (non-hydrogen) atoms. The van der Waals surface area contributed by atoms with Crippen molar-refractivity contribution in [3.63, 3.8) is 0 Å². The third-order valence-corrected chi connectivity index (χ3v) is 0. The van der Waals surface area contributed by atoms with E-state index in [0.29, 0.717) is 0 Å². The molecule has 2 nitrogen and oxygen atoms in total. The molecule has 5 heteroatoms. The first-order valence-corrected chi connectivity index (χ1v) is 0.908. The van der Waals surface area contributed by atoms with Crippen LogP contribution in [0.3, 0.4) is 0 Å². The molecule has 0 aromatic rings. The number of aliphatic carboxylic acids is 1. The molecule has 0 aliphatic carbocycles. The van der Waals surface area contributed by atoms with Crippen LogP contribution in [0.4, 0.5) is 0 Å². The molecular weight excluding hydrogens is 156 g/mol. The summed E-state index contributed by atoms with van der Waals surface area (Å²) in [5.41, 5.74) is 0. The van der Waals surface area contributed by atoms with Gasteiger partial charge < -0.3 is 25.2 Å². The molecule has 0 N–H and O–H groups in total. The number of halogens is 1. The van der Waals surface area contributed by atoms with Crippen LogP contribution >= 0.6 is 0 Å². The molecule has 0 aliphatic rings. The third-order valence-electron chi connectivity index (χ3n) is 0. The minimum Gasteiger partial charge on any atom is -1.00 e. The normalized spacial score (nSPS) is 3.57. The Balaban J connectivity index is -0.00000000450. The molecule has 0 spiro atoms. The molecule has 0 unspecified atom stereocenters. The van der Waals surface area contributed by atoms with E-state index in [1.165, 1.54) is 0 Å². The third kappa shape index (κ3) is 81.7. The molecule has 0 saturated heterocycles. The SMILES string of the molecule is CC(=O)[O-].[Ca+2].[Cl-].[H-].[H-].[Mg+2]. The molecule has 0 amide bonds. The zero-order valence-corrected chi connectivity index (χ0v) is 8.49. The van der Waals surface area contributed by atoms with Crippen LogP contribution in [0.5, 0.6) is 0 Å². The first-order valence-electron chi connectivity index (χ1n) is 0.908. The Morgan fingerprint density at radius 1 is 1.71 bits per heavy atom. The molecule has 0 bridgehead atoms. The summed E-state index contributed by atoms with van der Waals surface area (Å²) in [6.45, 7) is 0.972. The van der Waals surface area contributed by atoms with E-state index in [-0.39, 0.29) is 76.1 Å². The Morgan fingerprint density at radius 3 is 1.71 bits per heavy atom. The molecule has 0 aromatic carbocycles. The molecule has 0 aromatic heterocycles. The van der Waals surface area contributed by atoms with Crippen LogP contribution in [-0.2, 0) is 4.79 Å². The Kier molecular flexibility index (Phi) is 52.0. The maximum absolute atomic E-state index is 8.89. The predicted octanol–water partition coefficient (Wildman–Crippen LogP) is -4.78. The number of carbonyl (C=O) groups is 1. The first-order chi connectivity index (χ1) is 1.73. The fourth-order valence-electron chi connectivity index (χ4n) is 0. The number of carboxylic acid groups (broad SMARTS) is 1. The van der Waals surface area contributed by atoms with Gasteiger partial charge in [0.15, 0.2) is 0 Å². The van der Waals surface area contributed by atoms with Crippen molar-refractivity contribution in [1.29, 1.82) is 0 Å². The fraction of sp³-hybridized carbons (Fsp3) is 0.500. The van der Waals surface area contributed by atoms with Gasteiger partial charge in [-0.15, -0.1) is 0 Å². The van der Waals surface area contributed by atoms with E-state index in [4.69, 9.17) is 9.90 Å². The summed E-state index contributed by atoms with van der Waals surface area (Å²) in [5.74, 6) is -1.08. The molecule has 0 heterocycles. The first kappa shape index (κ1) is 23.3. The van der Waals surface area contributed by atoms with Crippen molar-refractivity contribution in [2.75, 3.05) is 0 Å². The van der Waals surface area contributed by atoms with Gasteiger partial charge in [0.05, 0.1) is 0 Å². The number of hydrogen-bond acceptors (Lipinski definition) is 2. The summed E-state index contributed by atoms with van der Waals surface area (Å²) in [7, 11) is 0. The second-order valence-electron chi connectivity index (χ2n) is 0.492. The van der Waals surface area contributed by atoms with E-state index >= 15 is 0 Å².